The Morgan fingerprint density at radius 1 is 0.905 bits per heavy atom. The van der Waals surface area contributed by atoms with Crippen LogP contribution in [0, 0.1) is 0 Å². The number of carboxylic acids is 1. The number of nitrogens with one attached hydrogen (secondary N) is 2. The van der Waals surface area contributed by atoms with Crippen LogP contribution in [0.3, 0.4) is 0 Å². The first-order chi connectivity index (χ1) is 20.3. The molecule has 0 bridgehead atoms. The first-order valence-corrected chi connectivity index (χ1v) is 14.4. The summed E-state index contributed by atoms with van der Waals surface area (Å²) >= 11 is 0. The van der Waals surface area contributed by atoms with Crippen LogP contribution in [0.1, 0.15) is 48.3 Å². The number of aliphatic hydroxyl groups excluding tert-OH is 1. The number of amides is 2. The summed E-state index contributed by atoms with van der Waals surface area (Å²) in [5, 5.41) is 24.4. The number of fused-ring (bicyclic) bond motifs is 3. The van der Waals surface area contributed by atoms with Gasteiger partial charge in [-0.1, -0.05) is 78.9 Å². The van der Waals surface area contributed by atoms with E-state index in [4.69, 9.17) is 9.84 Å². The van der Waals surface area contributed by atoms with Crippen LogP contribution in [0.25, 0.3) is 11.1 Å². The molecule has 0 radical (unpaired) electrons. The standard InChI is InChI=1S/C33H37N3O6/c37-24(18-31(39)40)20-34-30(38)19-33(14-16-36(17-15-33)21-23-8-2-1-3-9-23)35-32(41)42-22-29-27-12-6-4-10-25(27)26-11-5-7-13-28(26)29/h1-13,24,29,37H,14-22H2,(H,34,38)(H,35,41)(H,39,40). The summed E-state index contributed by atoms with van der Waals surface area (Å²) in [6.07, 6.45) is -1.16. The summed E-state index contributed by atoms with van der Waals surface area (Å²) in [7, 11) is 0. The molecule has 1 aliphatic carbocycles. The highest BCUT2D eigenvalue weighted by atomic mass is 16.5. The Balaban J connectivity index is 1.23. The molecule has 42 heavy (non-hydrogen) atoms. The van der Waals surface area contributed by atoms with Gasteiger partial charge in [0, 0.05) is 38.5 Å². The second-order valence-corrected chi connectivity index (χ2v) is 11.2. The molecule has 0 spiro atoms. The zero-order valence-electron chi connectivity index (χ0n) is 23.5. The van der Waals surface area contributed by atoms with Gasteiger partial charge in [-0.25, -0.2) is 4.79 Å². The van der Waals surface area contributed by atoms with Crippen molar-refractivity contribution >= 4 is 18.0 Å². The Labute approximate surface area is 245 Å². The lowest BCUT2D eigenvalue weighted by Gasteiger charge is -2.42. The summed E-state index contributed by atoms with van der Waals surface area (Å²) < 4.78 is 5.81. The minimum absolute atomic E-state index is 0.00381. The average Bonchev–Trinajstić information content (AvgIpc) is 3.30. The number of hydrogen-bond donors (Lipinski definition) is 4. The average molecular weight is 572 g/mol. The number of carboxylic acid groups (broad SMARTS) is 1. The van der Waals surface area contributed by atoms with E-state index in [1.807, 2.05) is 42.5 Å². The van der Waals surface area contributed by atoms with E-state index in [0.29, 0.717) is 25.9 Å². The zero-order valence-corrected chi connectivity index (χ0v) is 23.5. The first-order valence-electron chi connectivity index (χ1n) is 14.4. The third-order valence-corrected chi connectivity index (χ3v) is 8.22. The van der Waals surface area contributed by atoms with Crippen molar-refractivity contribution in [1.82, 2.24) is 15.5 Å². The Morgan fingerprint density at radius 3 is 2.12 bits per heavy atom. The summed E-state index contributed by atoms with van der Waals surface area (Å²) in [6.45, 7) is 2.12. The van der Waals surface area contributed by atoms with Crippen molar-refractivity contribution in [3.8, 4) is 11.1 Å². The molecule has 4 N–H and O–H groups in total. The Kier molecular flexibility index (Phi) is 9.19. The molecular weight excluding hydrogens is 534 g/mol. The van der Waals surface area contributed by atoms with Crippen LogP contribution in [-0.4, -0.2) is 71.0 Å². The van der Waals surface area contributed by atoms with Gasteiger partial charge in [-0.05, 0) is 40.7 Å². The monoisotopic (exact) mass is 571 g/mol. The van der Waals surface area contributed by atoms with Crippen molar-refractivity contribution in [3.63, 3.8) is 0 Å². The van der Waals surface area contributed by atoms with Gasteiger partial charge in [-0.2, -0.15) is 0 Å². The fourth-order valence-electron chi connectivity index (χ4n) is 6.05. The molecule has 2 aliphatic rings. The van der Waals surface area contributed by atoms with Gasteiger partial charge in [0.25, 0.3) is 0 Å². The van der Waals surface area contributed by atoms with Gasteiger partial charge < -0.3 is 25.6 Å². The zero-order chi connectivity index (χ0) is 29.5. The lowest BCUT2D eigenvalue weighted by Crippen LogP contribution is -2.57. The van der Waals surface area contributed by atoms with Crippen LogP contribution >= 0.6 is 0 Å². The van der Waals surface area contributed by atoms with Crippen LogP contribution in [0.5, 0.6) is 0 Å². The van der Waals surface area contributed by atoms with Crippen LogP contribution in [0.15, 0.2) is 78.9 Å². The maximum atomic E-state index is 13.3. The van der Waals surface area contributed by atoms with Crippen molar-refractivity contribution in [2.75, 3.05) is 26.2 Å². The summed E-state index contributed by atoms with van der Waals surface area (Å²) in [5.41, 5.74) is 4.89. The van der Waals surface area contributed by atoms with Gasteiger partial charge in [0.2, 0.25) is 5.91 Å². The Morgan fingerprint density at radius 2 is 1.50 bits per heavy atom. The molecule has 3 aromatic rings. The predicted octanol–water partition coefficient (Wildman–Crippen LogP) is 3.90. The second kappa shape index (κ2) is 13.2. The number of carbonyl (C=O) groups is 3. The van der Waals surface area contributed by atoms with E-state index in [1.54, 1.807) is 0 Å². The van der Waals surface area contributed by atoms with E-state index in [-0.39, 0.29) is 31.4 Å². The molecule has 1 unspecified atom stereocenters. The quantitative estimate of drug-likeness (QED) is 0.275. The molecule has 1 saturated heterocycles. The lowest BCUT2D eigenvalue weighted by atomic mass is 9.84. The van der Waals surface area contributed by atoms with E-state index >= 15 is 0 Å². The highest BCUT2D eigenvalue weighted by Crippen LogP contribution is 2.44. The molecule has 0 saturated carbocycles. The van der Waals surface area contributed by atoms with E-state index in [2.05, 4.69) is 51.9 Å². The normalized spacial score (nSPS) is 16.6. The third kappa shape index (κ3) is 7.16. The van der Waals surface area contributed by atoms with Crippen molar-refractivity contribution in [3.05, 3.63) is 95.6 Å². The van der Waals surface area contributed by atoms with Gasteiger partial charge in [0.05, 0.1) is 18.1 Å². The largest absolute Gasteiger partial charge is 0.481 e. The number of alkyl carbamates (subject to hydrolysis) is 1. The fourth-order valence-corrected chi connectivity index (χ4v) is 6.05. The third-order valence-electron chi connectivity index (χ3n) is 8.22. The SMILES string of the molecule is O=C(O)CC(O)CNC(=O)CC1(NC(=O)OCC2c3ccccc3-c3ccccc32)CCN(Cc2ccccc2)CC1. The topological polar surface area (TPSA) is 128 Å². The van der Waals surface area contributed by atoms with E-state index in [9.17, 15) is 19.5 Å². The van der Waals surface area contributed by atoms with E-state index < -0.39 is 30.1 Å². The maximum absolute atomic E-state index is 13.3. The van der Waals surface area contributed by atoms with Gasteiger partial charge in [-0.15, -0.1) is 0 Å². The molecule has 1 heterocycles. The number of hydrogen-bond acceptors (Lipinski definition) is 6. The molecule has 5 rings (SSSR count). The molecule has 1 aliphatic heterocycles. The smallest absolute Gasteiger partial charge is 0.407 e. The number of likely N-dealkylation sites (tertiary alicyclic amines) is 1. The number of piperidine rings is 1. The van der Waals surface area contributed by atoms with Crippen molar-refractivity contribution in [1.29, 1.82) is 0 Å². The number of ether oxygens (including phenoxy) is 1. The highest BCUT2D eigenvalue weighted by Gasteiger charge is 2.39. The lowest BCUT2D eigenvalue weighted by molar-refractivity contribution is -0.139. The molecule has 2 amide bonds. The van der Waals surface area contributed by atoms with Gasteiger partial charge >= 0.3 is 12.1 Å². The van der Waals surface area contributed by atoms with Crippen molar-refractivity contribution < 1.29 is 29.3 Å². The summed E-state index contributed by atoms with van der Waals surface area (Å²) in [6, 6.07) is 26.4. The van der Waals surface area contributed by atoms with Gasteiger partial charge in [0.15, 0.2) is 0 Å². The molecule has 1 fully saturated rings. The van der Waals surface area contributed by atoms with Crippen LogP contribution in [0.2, 0.25) is 0 Å². The molecule has 220 valence electrons. The molecule has 9 heteroatoms. The number of carbonyl (C=O) groups excluding carboxylic acids is 2. The Bertz CT molecular complexity index is 1360. The number of rotatable bonds is 11. The minimum atomic E-state index is -1.19. The number of nitrogens with zero attached hydrogens (tertiary/aromatic N) is 1. The van der Waals surface area contributed by atoms with Crippen LogP contribution in [0.4, 0.5) is 4.79 Å². The van der Waals surface area contributed by atoms with Gasteiger partial charge in [-0.3, -0.25) is 14.5 Å². The molecule has 9 nitrogen and oxygen atoms in total. The van der Waals surface area contributed by atoms with Crippen LogP contribution in [-0.2, 0) is 20.9 Å². The fraction of sp³-hybridized carbons (Fsp3) is 0.364. The molecule has 0 aromatic heterocycles. The summed E-state index contributed by atoms with van der Waals surface area (Å²) in [5.74, 6) is -1.59. The molecule has 3 aromatic carbocycles. The number of aliphatic hydroxyl groups is 1. The maximum Gasteiger partial charge on any atom is 0.407 e. The first kappa shape index (κ1) is 29.3. The second-order valence-electron chi connectivity index (χ2n) is 11.2. The minimum Gasteiger partial charge on any atom is -0.481 e. The highest BCUT2D eigenvalue weighted by molar-refractivity contribution is 5.80. The predicted molar refractivity (Wildman–Crippen MR) is 158 cm³/mol. The molecular formula is C33H37N3O6. The van der Waals surface area contributed by atoms with E-state index in [0.717, 1.165) is 28.8 Å². The molecule has 1 atom stereocenters. The van der Waals surface area contributed by atoms with Gasteiger partial charge in [0.1, 0.15) is 6.61 Å². The number of benzene rings is 3. The van der Waals surface area contributed by atoms with Crippen molar-refractivity contribution in [2.24, 2.45) is 0 Å². The van der Waals surface area contributed by atoms with Crippen LogP contribution < -0.4 is 10.6 Å². The Hall–Kier alpha value is -4.21. The van der Waals surface area contributed by atoms with Crippen molar-refractivity contribution in [2.45, 2.75) is 49.8 Å². The van der Waals surface area contributed by atoms with E-state index in [1.165, 1.54) is 5.56 Å². The summed E-state index contributed by atoms with van der Waals surface area (Å²) in [4.78, 5) is 39.3. The number of aliphatic carboxylic acids is 1.